The Balaban J connectivity index is 1.61. The number of rotatable bonds is 6. The number of likely N-dealkylation sites (tertiary alicyclic amines) is 1. The lowest BCUT2D eigenvalue weighted by atomic mass is 10.1. The quantitative estimate of drug-likeness (QED) is 0.682. The summed E-state index contributed by atoms with van der Waals surface area (Å²) < 4.78 is 0. The molecule has 0 aliphatic carbocycles. The lowest BCUT2D eigenvalue weighted by molar-refractivity contribution is -0.137. The number of carbonyl (C=O) groups excluding carboxylic acids is 3. The number of aromatic nitrogens is 1. The molecule has 2 aromatic rings. The van der Waals surface area contributed by atoms with Crippen LogP contribution >= 0.6 is 0 Å². The maximum atomic E-state index is 12.9. The maximum absolute atomic E-state index is 12.9. The molecule has 1 aliphatic heterocycles. The third-order valence-electron chi connectivity index (χ3n) is 4.90. The number of hydrogen-bond acceptors (Lipinski definition) is 5. The van der Waals surface area contributed by atoms with Gasteiger partial charge in [0.15, 0.2) is 0 Å². The molecule has 152 valence electrons. The van der Waals surface area contributed by atoms with Crippen molar-refractivity contribution in [2.45, 2.75) is 38.5 Å². The Morgan fingerprint density at radius 2 is 1.86 bits per heavy atom. The number of pyridine rings is 1. The molecule has 1 fully saturated rings. The van der Waals surface area contributed by atoms with Crippen LogP contribution in [0.5, 0.6) is 0 Å². The molecule has 0 spiro atoms. The zero-order valence-corrected chi connectivity index (χ0v) is 16.2. The van der Waals surface area contributed by atoms with Crippen molar-refractivity contribution >= 4 is 23.4 Å². The van der Waals surface area contributed by atoms with E-state index in [2.05, 4.69) is 15.6 Å². The van der Waals surface area contributed by atoms with Crippen LogP contribution in [0, 0.1) is 0 Å². The SMILES string of the molecule is C[C@@H](NC(=O)c1ccncc1)C(=O)N1CCC[C@H]1C(=O)Nc1ccc(CO)cc1. The van der Waals surface area contributed by atoms with Gasteiger partial charge in [0.1, 0.15) is 12.1 Å². The second-order valence-corrected chi connectivity index (χ2v) is 6.96. The van der Waals surface area contributed by atoms with Crippen molar-refractivity contribution in [1.29, 1.82) is 0 Å². The molecule has 3 rings (SSSR count). The number of anilines is 1. The van der Waals surface area contributed by atoms with Gasteiger partial charge in [0.25, 0.3) is 5.91 Å². The van der Waals surface area contributed by atoms with E-state index in [1.54, 1.807) is 43.3 Å². The van der Waals surface area contributed by atoms with E-state index in [1.807, 2.05) is 0 Å². The molecule has 2 heterocycles. The van der Waals surface area contributed by atoms with Crippen molar-refractivity contribution in [2.75, 3.05) is 11.9 Å². The van der Waals surface area contributed by atoms with E-state index in [0.29, 0.717) is 24.2 Å². The summed E-state index contributed by atoms with van der Waals surface area (Å²) in [7, 11) is 0. The Morgan fingerprint density at radius 3 is 2.52 bits per heavy atom. The van der Waals surface area contributed by atoms with Crippen LogP contribution in [0.1, 0.15) is 35.7 Å². The van der Waals surface area contributed by atoms with E-state index in [9.17, 15) is 14.4 Å². The predicted molar refractivity (Wildman–Crippen MR) is 107 cm³/mol. The molecule has 0 bridgehead atoms. The van der Waals surface area contributed by atoms with Gasteiger partial charge in [-0.05, 0) is 49.6 Å². The van der Waals surface area contributed by atoms with Crippen molar-refractivity contribution in [2.24, 2.45) is 0 Å². The highest BCUT2D eigenvalue weighted by molar-refractivity contribution is 6.00. The molecule has 1 aromatic carbocycles. The van der Waals surface area contributed by atoms with Crippen LogP contribution in [0.4, 0.5) is 5.69 Å². The topological polar surface area (TPSA) is 112 Å². The fourth-order valence-corrected chi connectivity index (χ4v) is 3.32. The number of aliphatic hydroxyl groups is 1. The molecule has 0 unspecified atom stereocenters. The van der Waals surface area contributed by atoms with Crippen LogP contribution in [-0.4, -0.2) is 51.3 Å². The minimum absolute atomic E-state index is 0.0672. The fourth-order valence-electron chi connectivity index (χ4n) is 3.32. The molecule has 3 N–H and O–H groups in total. The first-order valence-electron chi connectivity index (χ1n) is 9.51. The molecule has 1 aliphatic rings. The van der Waals surface area contributed by atoms with Crippen LogP contribution in [0.25, 0.3) is 0 Å². The predicted octanol–water partition coefficient (Wildman–Crippen LogP) is 1.32. The zero-order valence-electron chi connectivity index (χ0n) is 16.2. The lowest BCUT2D eigenvalue weighted by Gasteiger charge is -2.27. The molecule has 0 radical (unpaired) electrons. The average Bonchev–Trinajstić information content (AvgIpc) is 3.24. The normalized spacial score (nSPS) is 16.9. The van der Waals surface area contributed by atoms with Gasteiger partial charge in [-0.25, -0.2) is 0 Å². The van der Waals surface area contributed by atoms with E-state index >= 15 is 0 Å². The summed E-state index contributed by atoms with van der Waals surface area (Å²) in [5.74, 6) is -0.918. The summed E-state index contributed by atoms with van der Waals surface area (Å²) in [6.07, 6.45) is 4.31. The van der Waals surface area contributed by atoms with Crippen LogP contribution in [0.15, 0.2) is 48.8 Å². The molecule has 1 aromatic heterocycles. The van der Waals surface area contributed by atoms with Gasteiger partial charge in [0, 0.05) is 30.2 Å². The number of carbonyl (C=O) groups is 3. The van der Waals surface area contributed by atoms with Gasteiger partial charge in [-0.15, -0.1) is 0 Å². The first kappa shape index (κ1) is 20.5. The molecule has 8 heteroatoms. The third-order valence-corrected chi connectivity index (χ3v) is 4.90. The van der Waals surface area contributed by atoms with E-state index in [4.69, 9.17) is 5.11 Å². The monoisotopic (exact) mass is 396 g/mol. The number of benzene rings is 1. The van der Waals surface area contributed by atoms with Gasteiger partial charge in [-0.2, -0.15) is 0 Å². The second kappa shape index (κ2) is 9.29. The minimum Gasteiger partial charge on any atom is -0.392 e. The number of nitrogens with one attached hydrogen (secondary N) is 2. The lowest BCUT2D eigenvalue weighted by Crippen LogP contribution is -2.51. The van der Waals surface area contributed by atoms with Crippen LogP contribution in [-0.2, 0) is 16.2 Å². The minimum atomic E-state index is -0.757. The Labute approximate surface area is 168 Å². The molecule has 29 heavy (non-hydrogen) atoms. The van der Waals surface area contributed by atoms with E-state index in [-0.39, 0.29) is 24.3 Å². The van der Waals surface area contributed by atoms with E-state index < -0.39 is 12.1 Å². The first-order valence-corrected chi connectivity index (χ1v) is 9.51. The summed E-state index contributed by atoms with van der Waals surface area (Å²) in [4.78, 5) is 43.2. The van der Waals surface area contributed by atoms with Crippen molar-refractivity contribution in [3.05, 3.63) is 59.9 Å². The number of aliphatic hydroxyl groups excluding tert-OH is 1. The smallest absolute Gasteiger partial charge is 0.252 e. The number of hydrogen-bond donors (Lipinski definition) is 3. The summed E-state index contributed by atoms with van der Waals surface area (Å²) in [6, 6.07) is 8.67. The third kappa shape index (κ3) is 4.97. The maximum Gasteiger partial charge on any atom is 0.252 e. The molecular formula is C21H24N4O4. The molecule has 8 nitrogen and oxygen atoms in total. The van der Waals surface area contributed by atoms with Crippen LogP contribution < -0.4 is 10.6 Å². The largest absolute Gasteiger partial charge is 0.392 e. The van der Waals surface area contributed by atoms with Gasteiger partial charge in [0.2, 0.25) is 11.8 Å². The Hall–Kier alpha value is -3.26. The standard InChI is InChI=1S/C21H24N4O4/c1-14(23-19(27)16-8-10-22-11-9-16)21(29)25-12-2-3-18(25)20(28)24-17-6-4-15(13-26)5-7-17/h4-11,14,18,26H,2-3,12-13H2,1H3,(H,23,27)(H,24,28)/t14-,18+/m1/s1. The molecular weight excluding hydrogens is 372 g/mol. The number of amides is 3. The second-order valence-electron chi connectivity index (χ2n) is 6.96. The van der Waals surface area contributed by atoms with Crippen molar-refractivity contribution in [3.8, 4) is 0 Å². The highest BCUT2D eigenvalue weighted by Gasteiger charge is 2.36. The molecule has 0 saturated carbocycles. The van der Waals surface area contributed by atoms with Gasteiger partial charge < -0.3 is 20.6 Å². The Bertz CT molecular complexity index is 870. The summed E-state index contributed by atoms with van der Waals surface area (Å²) in [5.41, 5.74) is 1.77. The van der Waals surface area contributed by atoms with Gasteiger partial charge in [-0.3, -0.25) is 19.4 Å². The van der Waals surface area contributed by atoms with Crippen molar-refractivity contribution in [3.63, 3.8) is 0 Å². The molecule has 3 amide bonds. The number of nitrogens with zero attached hydrogens (tertiary/aromatic N) is 2. The zero-order chi connectivity index (χ0) is 20.8. The summed E-state index contributed by atoms with van der Waals surface area (Å²) in [5, 5.41) is 14.6. The molecule has 2 atom stereocenters. The summed E-state index contributed by atoms with van der Waals surface area (Å²) in [6.45, 7) is 2.01. The average molecular weight is 396 g/mol. The highest BCUT2D eigenvalue weighted by atomic mass is 16.3. The summed E-state index contributed by atoms with van der Waals surface area (Å²) >= 11 is 0. The Morgan fingerprint density at radius 1 is 1.17 bits per heavy atom. The van der Waals surface area contributed by atoms with Crippen LogP contribution in [0.2, 0.25) is 0 Å². The van der Waals surface area contributed by atoms with Crippen molar-refractivity contribution < 1.29 is 19.5 Å². The highest BCUT2D eigenvalue weighted by Crippen LogP contribution is 2.21. The molecule has 1 saturated heterocycles. The van der Waals surface area contributed by atoms with Gasteiger partial charge in [0.05, 0.1) is 6.61 Å². The Kier molecular flexibility index (Phi) is 6.56. The van der Waals surface area contributed by atoms with E-state index in [0.717, 1.165) is 12.0 Å². The fraction of sp³-hybridized carbons (Fsp3) is 0.333. The van der Waals surface area contributed by atoms with E-state index in [1.165, 1.54) is 17.3 Å². The van der Waals surface area contributed by atoms with Gasteiger partial charge >= 0.3 is 0 Å². The van der Waals surface area contributed by atoms with Crippen molar-refractivity contribution in [1.82, 2.24) is 15.2 Å². The first-order chi connectivity index (χ1) is 14.0. The van der Waals surface area contributed by atoms with Gasteiger partial charge in [-0.1, -0.05) is 12.1 Å². The van der Waals surface area contributed by atoms with Crippen LogP contribution in [0.3, 0.4) is 0 Å².